The summed E-state index contributed by atoms with van der Waals surface area (Å²) in [6, 6.07) is 6.97. The van der Waals surface area contributed by atoms with Crippen LogP contribution in [0.2, 0.25) is 0 Å². The molecule has 0 aromatic heterocycles. The largest absolute Gasteiger partial charge is 0.497 e. The van der Waals surface area contributed by atoms with E-state index in [1.54, 1.807) is 36.3 Å². The Labute approximate surface area is 147 Å². The van der Waals surface area contributed by atoms with E-state index in [0.29, 0.717) is 43.9 Å². The number of hydrogen-bond donors (Lipinski definition) is 0. The monoisotopic (exact) mass is 366 g/mol. The molecule has 1 aromatic carbocycles. The molecule has 7 nitrogen and oxygen atoms in total. The minimum atomic E-state index is -3.35. The molecule has 0 radical (unpaired) electrons. The summed E-state index contributed by atoms with van der Waals surface area (Å²) in [6.07, 6.45) is 0.250. The summed E-state index contributed by atoms with van der Waals surface area (Å²) in [5, 5.41) is -0.543. The van der Waals surface area contributed by atoms with Crippen LogP contribution in [0.15, 0.2) is 24.3 Å². The topological polar surface area (TPSA) is 76.2 Å². The van der Waals surface area contributed by atoms with E-state index < -0.39 is 20.9 Å². The van der Waals surface area contributed by atoms with Crippen molar-refractivity contribution in [3.8, 4) is 5.75 Å². The van der Waals surface area contributed by atoms with Gasteiger partial charge in [-0.15, -0.1) is 0 Å². The van der Waals surface area contributed by atoms with Gasteiger partial charge in [0.15, 0.2) is 0 Å². The molecule has 0 saturated carbocycles. The van der Waals surface area contributed by atoms with Gasteiger partial charge in [-0.25, -0.2) is 8.42 Å². The Morgan fingerprint density at radius 1 is 1.32 bits per heavy atom. The predicted octanol–water partition coefficient (Wildman–Crippen LogP) is 0.713. The maximum absolute atomic E-state index is 12.9. The molecule has 3 saturated heterocycles. The lowest BCUT2D eigenvalue weighted by Crippen LogP contribution is -2.56. The Balaban J connectivity index is 1.60. The number of fused-ring (bicyclic) bond motifs is 1. The van der Waals surface area contributed by atoms with Crippen molar-refractivity contribution in [2.45, 2.75) is 30.3 Å². The number of amides is 1. The summed E-state index contributed by atoms with van der Waals surface area (Å²) >= 11 is 0. The molecule has 3 aliphatic heterocycles. The SMILES string of the molecule is CCN1C[C@@]23CN(C(=O)c4ccc(OC)cc4)C[C@@H](C[C@@H]2S1(=O)=O)O3. The van der Waals surface area contributed by atoms with Crippen molar-refractivity contribution in [2.75, 3.05) is 33.3 Å². The van der Waals surface area contributed by atoms with Crippen molar-refractivity contribution in [1.82, 2.24) is 9.21 Å². The van der Waals surface area contributed by atoms with Gasteiger partial charge in [-0.05, 0) is 30.7 Å². The molecule has 1 aromatic rings. The van der Waals surface area contributed by atoms with Crippen molar-refractivity contribution in [1.29, 1.82) is 0 Å². The summed E-state index contributed by atoms with van der Waals surface area (Å²) in [6.45, 7) is 3.34. The first-order valence-corrected chi connectivity index (χ1v) is 10.00. The van der Waals surface area contributed by atoms with Crippen molar-refractivity contribution in [3.05, 3.63) is 29.8 Å². The van der Waals surface area contributed by atoms with E-state index in [2.05, 4.69) is 0 Å². The summed E-state index contributed by atoms with van der Waals surface area (Å²) in [5.41, 5.74) is -0.219. The molecule has 3 aliphatic rings. The second kappa shape index (κ2) is 5.69. The van der Waals surface area contributed by atoms with Crippen LogP contribution >= 0.6 is 0 Å². The second-order valence-electron chi connectivity index (χ2n) is 6.91. The van der Waals surface area contributed by atoms with Gasteiger partial charge in [-0.3, -0.25) is 4.79 Å². The van der Waals surface area contributed by atoms with Gasteiger partial charge in [0.1, 0.15) is 16.6 Å². The molecule has 25 heavy (non-hydrogen) atoms. The highest BCUT2D eigenvalue weighted by Crippen LogP contribution is 2.46. The molecule has 3 fully saturated rings. The minimum absolute atomic E-state index is 0.0941. The minimum Gasteiger partial charge on any atom is -0.497 e. The van der Waals surface area contributed by atoms with Crippen molar-refractivity contribution in [2.24, 2.45) is 0 Å². The Hall–Kier alpha value is -1.64. The molecule has 4 rings (SSSR count). The number of benzene rings is 1. The average molecular weight is 366 g/mol. The van der Waals surface area contributed by atoms with E-state index in [1.807, 2.05) is 6.92 Å². The number of hydrogen-bond acceptors (Lipinski definition) is 5. The third kappa shape index (κ3) is 2.46. The molecule has 136 valence electrons. The molecule has 1 amide bonds. The van der Waals surface area contributed by atoms with Crippen LogP contribution in [0.25, 0.3) is 0 Å². The Morgan fingerprint density at radius 2 is 2.04 bits per heavy atom. The fourth-order valence-corrected chi connectivity index (χ4v) is 6.63. The van der Waals surface area contributed by atoms with Crippen LogP contribution < -0.4 is 4.74 Å². The van der Waals surface area contributed by atoms with E-state index in [9.17, 15) is 13.2 Å². The Bertz CT molecular complexity index is 794. The molecule has 8 heteroatoms. The van der Waals surface area contributed by atoms with Gasteiger partial charge in [-0.2, -0.15) is 4.31 Å². The number of carbonyl (C=O) groups is 1. The van der Waals surface area contributed by atoms with E-state index in [4.69, 9.17) is 9.47 Å². The molecule has 2 bridgehead atoms. The van der Waals surface area contributed by atoms with Crippen molar-refractivity contribution in [3.63, 3.8) is 0 Å². The quantitative estimate of drug-likeness (QED) is 0.788. The fraction of sp³-hybridized carbons (Fsp3) is 0.588. The molecule has 0 N–H and O–H groups in total. The molecule has 0 unspecified atom stereocenters. The number of morpholine rings is 1. The number of likely N-dealkylation sites (tertiary alicyclic amines) is 1. The first kappa shape index (κ1) is 16.8. The number of likely N-dealkylation sites (N-methyl/N-ethyl adjacent to an activating group) is 1. The number of ether oxygens (including phenoxy) is 2. The number of rotatable bonds is 3. The highest BCUT2D eigenvalue weighted by atomic mass is 32.2. The normalized spacial score (nSPS) is 33.3. The lowest BCUT2D eigenvalue weighted by Gasteiger charge is -2.39. The van der Waals surface area contributed by atoms with Crippen LogP contribution in [0.4, 0.5) is 0 Å². The standard InChI is InChI=1S/C17H22N2O5S/c1-3-19-11-17-10-18(9-14(24-17)8-15(17)25(19,21)22)16(20)12-4-6-13(23-2)7-5-12/h4-7,14-15H,3,8-11H2,1-2H3/t14-,15+,17+/m1/s1. The number of sulfonamides is 1. The third-order valence-electron chi connectivity index (χ3n) is 5.49. The number of methoxy groups -OCH3 is 1. The van der Waals surface area contributed by atoms with Crippen LogP contribution in [0, 0.1) is 0 Å². The van der Waals surface area contributed by atoms with E-state index in [1.165, 1.54) is 4.31 Å². The Morgan fingerprint density at radius 3 is 2.68 bits per heavy atom. The Kier molecular flexibility index (Phi) is 3.82. The van der Waals surface area contributed by atoms with Gasteiger partial charge < -0.3 is 14.4 Å². The van der Waals surface area contributed by atoms with Gasteiger partial charge in [0.25, 0.3) is 5.91 Å². The first-order valence-electron chi connectivity index (χ1n) is 8.50. The van der Waals surface area contributed by atoms with Gasteiger partial charge >= 0.3 is 0 Å². The fourth-order valence-electron chi connectivity index (χ4n) is 4.31. The molecule has 3 atom stereocenters. The molecular weight excluding hydrogens is 344 g/mol. The average Bonchev–Trinajstić information content (AvgIpc) is 2.99. The van der Waals surface area contributed by atoms with Gasteiger partial charge in [-0.1, -0.05) is 6.92 Å². The van der Waals surface area contributed by atoms with Crippen LogP contribution in [-0.4, -0.2) is 73.8 Å². The van der Waals surface area contributed by atoms with E-state index in [0.717, 1.165) is 0 Å². The zero-order chi connectivity index (χ0) is 17.8. The molecule has 0 aliphatic carbocycles. The zero-order valence-corrected chi connectivity index (χ0v) is 15.2. The predicted molar refractivity (Wildman–Crippen MR) is 91.1 cm³/mol. The van der Waals surface area contributed by atoms with Crippen molar-refractivity contribution >= 4 is 15.9 Å². The van der Waals surface area contributed by atoms with Crippen LogP contribution in [0.1, 0.15) is 23.7 Å². The molecule has 3 heterocycles. The lowest BCUT2D eigenvalue weighted by molar-refractivity contribution is -0.0974. The van der Waals surface area contributed by atoms with Crippen LogP contribution in [0.3, 0.4) is 0 Å². The summed E-state index contributed by atoms with van der Waals surface area (Å²) in [5.74, 6) is 0.598. The number of nitrogens with zero attached hydrogens (tertiary/aromatic N) is 2. The van der Waals surface area contributed by atoms with Crippen LogP contribution in [-0.2, 0) is 14.8 Å². The third-order valence-corrected chi connectivity index (χ3v) is 7.94. The maximum atomic E-state index is 12.9. The molecular formula is C17H22N2O5S. The van der Waals surface area contributed by atoms with E-state index >= 15 is 0 Å². The zero-order valence-electron chi connectivity index (χ0n) is 14.3. The highest BCUT2D eigenvalue weighted by Gasteiger charge is 2.65. The summed E-state index contributed by atoms with van der Waals surface area (Å²) in [4.78, 5) is 14.6. The highest BCUT2D eigenvalue weighted by molar-refractivity contribution is 7.90. The molecule has 1 spiro atoms. The van der Waals surface area contributed by atoms with Gasteiger partial charge in [0, 0.05) is 25.2 Å². The van der Waals surface area contributed by atoms with Crippen molar-refractivity contribution < 1.29 is 22.7 Å². The first-order chi connectivity index (χ1) is 11.9. The van der Waals surface area contributed by atoms with Gasteiger partial charge in [0.05, 0.1) is 19.8 Å². The smallest absolute Gasteiger partial charge is 0.254 e. The van der Waals surface area contributed by atoms with E-state index in [-0.39, 0.29) is 12.0 Å². The maximum Gasteiger partial charge on any atom is 0.254 e. The summed E-state index contributed by atoms with van der Waals surface area (Å²) < 4.78 is 38.1. The van der Waals surface area contributed by atoms with Gasteiger partial charge in [0.2, 0.25) is 10.0 Å². The number of carbonyl (C=O) groups excluding carboxylic acids is 1. The second-order valence-corrected chi connectivity index (χ2v) is 9.03. The summed E-state index contributed by atoms with van der Waals surface area (Å²) in [7, 11) is -1.77. The van der Waals surface area contributed by atoms with Crippen LogP contribution in [0.5, 0.6) is 5.75 Å². The lowest BCUT2D eigenvalue weighted by atomic mass is 9.99.